The lowest BCUT2D eigenvalue weighted by atomic mass is 10.3. The van der Waals surface area contributed by atoms with E-state index in [4.69, 9.17) is 5.11 Å². The van der Waals surface area contributed by atoms with Gasteiger partial charge in [-0.15, -0.1) is 11.3 Å². The minimum Gasteiger partial charge on any atom is -0.395 e. The van der Waals surface area contributed by atoms with E-state index in [1.807, 2.05) is 36.4 Å². The number of aliphatic hydroxyl groups is 1. The van der Waals surface area contributed by atoms with E-state index in [2.05, 4.69) is 15.3 Å². The highest BCUT2D eigenvalue weighted by Gasteiger charge is 2.02. The molecule has 2 N–H and O–H groups in total. The summed E-state index contributed by atoms with van der Waals surface area (Å²) in [6.07, 6.45) is 1.80. The molecular weight excluding hydrogens is 260 g/mol. The number of likely N-dealkylation sites (N-methyl/N-ethyl adjacent to an activating group) is 1. The summed E-state index contributed by atoms with van der Waals surface area (Å²) in [7, 11) is 1.93. The highest BCUT2D eigenvalue weighted by Crippen LogP contribution is 2.14. The van der Waals surface area contributed by atoms with Crippen LogP contribution in [0.25, 0.3) is 0 Å². The number of aryl methyl sites for hydroxylation is 1. The van der Waals surface area contributed by atoms with Gasteiger partial charge in [-0.25, -0.2) is 9.97 Å². The largest absolute Gasteiger partial charge is 0.395 e. The molecule has 2 aromatic rings. The zero-order valence-electron chi connectivity index (χ0n) is 11.1. The topological polar surface area (TPSA) is 61.3 Å². The summed E-state index contributed by atoms with van der Waals surface area (Å²) in [4.78, 5) is 10.7. The number of anilines is 2. The van der Waals surface area contributed by atoms with Crippen LogP contribution in [0.5, 0.6) is 0 Å². The van der Waals surface area contributed by atoms with Gasteiger partial charge in [0.15, 0.2) is 0 Å². The predicted octanol–water partition coefficient (Wildman–Crippen LogP) is 1.89. The van der Waals surface area contributed by atoms with Gasteiger partial charge in [-0.2, -0.15) is 0 Å². The Morgan fingerprint density at radius 2 is 2.26 bits per heavy atom. The zero-order valence-corrected chi connectivity index (χ0v) is 11.9. The highest BCUT2D eigenvalue weighted by molar-refractivity contribution is 7.09. The number of aromatic nitrogens is 2. The Morgan fingerprint density at radius 1 is 1.42 bits per heavy atom. The van der Waals surface area contributed by atoms with Crippen molar-refractivity contribution in [1.29, 1.82) is 0 Å². The third-order valence-electron chi connectivity index (χ3n) is 2.74. The van der Waals surface area contributed by atoms with E-state index in [1.54, 1.807) is 17.5 Å². The van der Waals surface area contributed by atoms with Crippen molar-refractivity contribution >= 4 is 22.8 Å². The molecule has 0 saturated heterocycles. The first kappa shape index (κ1) is 13.8. The number of nitrogens with one attached hydrogen (secondary N) is 1. The second-order valence-corrected chi connectivity index (χ2v) is 5.32. The first-order valence-electron chi connectivity index (χ1n) is 6.12. The summed E-state index contributed by atoms with van der Waals surface area (Å²) in [5.41, 5.74) is 2.02. The molecule has 0 spiro atoms. The first-order valence-corrected chi connectivity index (χ1v) is 7.00. The molecule has 0 fully saturated rings. The van der Waals surface area contributed by atoms with Crippen molar-refractivity contribution in [2.75, 3.05) is 30.4 Å². The number of hydrogen-bond acceptors (Lipinski definition) is 6. The Morgan fingerprint density at radius 3 is 2.84 bits per heavy atom. The Hall–Kier alpha value is -1.66. The maximum atomic E-state index is 8.88. The van der Waals surface area contributed by atoms with Crippen LogP contribution in [-0.4, -0.2) is 35.3 Å². The highest BCUT2D eigenvalue weighted by atomic mass is 32.1. The monoisotopic (exact) mass is 278 g/mol. The second kappa shape index (κ2) is 6.49. The van der Waals surface area contributed by atoms with E-state index in [1.165, 1.54) is 0 Å². The fraction of sp³-hybridized carbons (Fsp3) is 0.385. The van der Waals surface area contributed by atoms with E-state index in [9.17, 15) is 0 Å². The van der Waals surface area contributed by atoms with Gasteiger partial charge in [0, 0.05) is 19.0 Å². The molecule has 2 rings (SSSR count). The number of nitrogens with zero attached hydrogens (tertiary/aromatic N) is 3. The van der Waals surface area contributed by atoms with Crippen molar-refractivity contribution in [2.24, 2.45) is 0 Å². The molecule has 0 aliphatic heterocycles. The van der Waals surface area contributed by atoms with Gasteiger partial charge in [0.05, 0.1) is 35.7 Å². The van der Waals surface area contributed by atoms with Crippen LogP contribution in [0, 0.1) is 6.92 Å². The van der Waals surface area contributed by atoms with Crippen LogP contribution in [0.1, 0.15) is 10.7 Å². The van der Waals surface area contributed by atoms with Crippen molar-refractivity contribution < 1.29 is 5.11 Å². The second-order valence-electron chi connectivity index (χ2n) is 4.26. The Labute approximate surface area is 116 Å². The average Bonchev–Trinajstić information content (AvgIpc) is 2.83. The van der Waals surface area contributed by atoms with Crippen molar-refractivity contribution in [3.05, 3.63) is 34.4 Å². The van der Waals surface area contributed by atoms with Crippen molar-refractivity contribution in [3.63, 3.8) is 0 Å². The van der Waals surface area contributed by atoms with Crippen LogP contribution in [0.3, 0.4) is 0 Å². The molecule has 6 heteroatoms. The van der Waals surface area contributed by atoms with E-state index >= 15 is 0 Å². The zero-order chi connectivity index (χ0) is 13.7. The van der Waals surface area contributed by atoms with E-state index in [0.717, 1.165) is 22.2 Å². The van der Waals surface area contributed by atoms with Gasteiger partial charge >= 0.3 is 0 Å². The Balaban J connectivity index is 1.91. The van der Waals surface area contributed by atoms with E-state index in [0.29, 0.717) is 13.1 Å². The fourth-order valence-corrected chi connectivity index (χ4v) is 2.28. The molecule has 0 aromatic carbocycles. The predicted molar refractivity (Wildman–Crippen MR) is 78.8 cm³/mol. The number of pyridine rings is 1. The van der Waals surface area contributed by atoms with Crippen molar-refractivity contribution in [3.8, 4) is 0 Å². The van der Waals surface area contributed by atoms with Crippen LogP contribution < -0.4 is 10.2 Å². The molecule has 0 bridgehead atoms. The van der Waals surface area contributed by atoms with Crippen LogP contribution in [0.4, 0.5) is 11.5 Å². The molecule has 0 radical (unpaired) electrons. The van der Waals surface area contributed by atoms with Crippen LogP contribution in [0.2, 0.25) is 0 Å². The molecular formula is C13H18N4OS. The molecule has 102 valence electrons. The minimum absolute atomic E-state index is 0.139. The van der Waals surface area contributed by atoms with Crippen LogP contribution in [-0.2, 0) is 6.54 Å². The standard InChI is InChI=1S/C13H18N4OS/c1-10-16-11(9-19-10)7-14-13-4-3-12(8-15-13)17(2)5-6-18/h3-4,8-9,18H,5-7H2,1-2H3,(H,14,15). The summed E-state index contributed by atoms with van der Waals surface area (Å²) in [5.74, 6) is 0.826. The third-order valence-corrected chi connectivity index (χ3v) is 3.56. The minimum atomic E-state index is 0.139. The van der Waals surface area contributed by atoms with Gasteiger partial charge in [-0.1, -0.05) is 0 Å². The van der Waals surface area contributed by atoms with Crippen LogP contribution in [0.15, 0.2) is 23.7 Å². The molecule has 19 heavy (non-hydrogen) atoms. The van der Waals surface area contributed by atoms with Gasteiger partial charge in [0.25, 0.3) is 0 Å². The fourth-order valence-electron chi connectivity index (χ4n) is 1.67. The molecule has 0 unspecified atom stereocenters. The summed E-state index contributed by atoms with van der Waals surface area (Å²) in [5, 5.41) is 15.2. The quantitative estimate of drug-likeness (QED) is 0.845. The summed E-state index contributed by atoms with van der Waals surface area (Å²) in [6.45, 7) is 3.42. The van der Waals surface area contributed by atoms with Crippen molar-refractivity contribution in [1.82, 2.24) is 9.97 Å². The lowest BCUT2D eigenvalue weighted by Crippen LogP contribution is -2.21. The molecule has 2 heterocycles. The van der Waals surface area contributed by atoms with Crippen molar-refractivity contribution in [2.45, 2.75) is 13.5 Å². The number of rotatable bonds is 6. The molecule has 0 aliphatic carbocycles. The van der Waals surface area contributed by atoms with Gasteiger partial charge in [0.1, 0.15) is 5.82 Å². The summed E-state index contributed by atoms with van der Waals surface area (Å²) < 4.78 is 0. The first-order chi connectivity index (χ1) is 9.19. The Bertz CT molecular complexity index is 512. The summed E-state index contributed by atoms with van der Waals surface area (Å²) >= 11 is 1.65. The van der Waals surface area contributed by atoms with Crippen LogP contribution >= 0.6 is 11.3 Å². The summed E-state index contributed by atoms with van der Waals surface area (Å²) in [6, 6.07) is 3.92. The van der Waals surface area contributed by atoms with E-state index < -0.39 is 0 Å². The maximum Gasteiger partial charge on any atom is 0.126 e. The normalized spacial score (nSPS) is 10.5. The number of hydrogen-bond donors (Lipinski definition) is 2. The van der Waals surface area contributed by atoms with Gasteiger partial charge in [-0.05, 0) is 19.1 Å². The van der Waals surface area contributed by atoms with Gasteiger partial charge in [-0.3, -0.25) is 0 Å². The van der Waals surface area contributed by atoms with E-state index in [-0.39, 0.29) is 6.61 Å². The lowest BCUT2D eigenvalue weighted by molar-refractivity contribution is 0.304. The SMILES string of the molecule is Cc1nc(CNc2ccc(N(C)CCO)cn2)cs1. The number of aliphatic hydroxyl groups excluding tert-OH is 1. The lowest BCUT2D eigenvalue weighted by Gasteiger charge is -2.17. The molecule has 0 saturated carbocycles. The maximum absolute atomic E-state index is 8.88. The average molecular weight is 278 g/mol. The third kappa shape index (κ3) is 3.90. The molecule has 0 amide bonds. The van der Waals surface area contributed by atoms with Gasteiger partial charge in [0.2, 0.25) is 0 Å². The molecule has 0 aliphatic rings. The number of thiazole rings is 1. The molecule has 0 atom stereocenters. The molecule has 2 aromatic heterocycles. The Kier molecular flexibility index (Phi) is 4.70. The van der Waals surface area contributed by atoms with Gasteiger partial charge < -0.3 is 15.3 Å². The molecule has 5 nitrogen and oxygen atoms in total. The smallest absolute Gasteiger partial charge is 0.126 e.